The number of thiazole rings is 1. The molecule has 0 aliphatic rings. The fourth-order valence-electron chi connectivity index (χ4n) is 3.62. The van der Waals surface area contributed by atoms with Crippen LogP contribution in [0.4, 0.5) is 5.13 Å². The van der Waals surface area contributed by atoms with Gasteiger partial charge in [-0.3, -0.25) is 10.1 Å². The zero-order chi connectivity index (χ0) is 23.7. The molecule has 3 aromatic carbocycles. The number of hydrogen-bond acceptors (Lipinski definition) is 7. The SMILES string of the molecule is CCC(OC(=O)c1ccccc1-c1nc2ccccc2o1)C(=O)Nc1nc2ccc(C)cc2s1. The highest BCUT2D eigenvalue weighted by Gasteiger charge is 2.25. The molecular weight excluding hydrogens is 450 g/mol. The number of carbonyl (C=O) groups excluding carboxylic acids is 2. The second kappa shape index (κ2) is 9.07. The highest BCUT2D eigenvalue weighted by molar-refractivity contribution is 7.22. The second-order valence-electron chi connectivity index (χ2n) is 7.81. The molecule has 7 nitrogen and oxygen atoms in total. The monoisotopic (exact) mass is 471 g/mol. The van der Waals surface area contributed by atoms with Crippen LogP contribution in [0.2, 0.25) is 0 Å². The predicted octanol–water partition coefficient (Wildman–Crippen LogP) is 5.99. The van der Waals surface area contributed by atoms with Crippen LogP contribution in [0.1, 0.15) is 29.3 Å². The third kappa shape index (κ3) is 4.27. The third-order valence-corrected chi connectivity index (χ3v) is 6.29. The van der Waals surface area contributed by atoms with E-state index in [1.807, 2.05) is 49.4 Å². The summed E-state index contributed by atoms with van der Waals surface area (Å²) in [5.41, 5.74) is 4.02. The number of fused-ring (bicyclic) bond motifs is 2. The Morgan fingerprint density at radius 3 is 2.65 bits per heavy atom. The van der Waals surface area contributed by atoms with Gasteiger partial charge in [0, 0.05) is 0 Å². The number of anilines is 1. The first-order valence-corrected chi connectivity index (χ1v) is 11.7. The van der Waals surface area contributed by atoms with E-state index in [0.29, 0.717) is 34.1 Å². The van der Waals surface area contributed by atoms with Crippen molar-refractivity contribution in [1.29, 1.82) is 0 Å². The first-order chi connectivity index (χ1) is 16.5. The minimum absolute atomic E-state index is 0.274. The minimum atomic E-state index is -0.974. The Kier molecular flexibility index (Phi) is 5.81. The molecule has 0 bridgehead atoms. The number of amides is 1. The molecule has 5 rings (SSSR count). The summed E-state index contributed by atoms with van der Waals surface area (Å²) in [6.45, 7) is 3.79. The Labute approximate surface area is 199 Å². The van der Waals surface area contributed by atoms with E-state index in [1.54, 1.807) is 31.2 Å². The van der Waals surface area contributed by atoms with Crippen molar-refractivity contribution in [3.63, 3.8) is 0 Å². The van der Waals surface area contributed by atoms with Gasteiger partial charge in [-0.05, 0) is 55.3 Å². The number of esters is 1. The Morgan fingerprint density at radius 2 is 1.82 bits per heavy atom. The molecule has 5 aromatic rings. The molecule has 0 fully saturated rings. The van der Waals surface area contributed by atoms with Gasteiger partial charge < -0.3 is 9.15 Å². The predicted molar refractivity (Wildman–Crippen MR) is 132 cm³/mol. The molecule has 0 saturated heterocycles. The van der Waals surface area contributed by atoms with Gasteiger partial charge in [0.25, 0.3) is 5.91 Å². The largest absolute Gasteiger partial charge is 0.449 e. The molecule has 1 unspecified atom stereocenters. The lowest BCUT2D eigenvalue weighted by Crippen LogP contribution is -2.32. The highest BCUT2D eigenvalue weighted by atomic mass is 32.1. The van der Waals surface area contributed by atoms with Gasteiger partial charge in [0.1, 0.15) is 5.52 Å². The van der Waals surface area contributed by atoms with E-state index in [4.69, 9.17) is 9.15 Å². The zero-order valence-electron chi connectivity index (χ0n) is 18.6. The summed E-state index contributed by atoms with van der Waals surface area (Å²) in [5, 5.41) is 3.25. The number of oxazole rings is 1. The molecule has 1 N–H and O–H groups in total. The fourth-order valence-corrected chi connectivity index (χ4v) is 4.59. The maximum atomic E-state index is 13.1. The van der Waals surface area contributed by atoms with Crippen LogP contribution < -0.4 is 5.32 Å². The van der Waals surface area contributed by atoms with E-state index in [9.17, 15) is 9.59 Å². The first kappa shape index (κ1) is 21.8. The molecule has 0 aliphatic carbocycles. The van der Waals surface area contributed by atoms with Gasteiger partial charge in [0.15, 0.2) is 16.8 Å². The highest BCUT2D eigenvalue weighted by Crippen LogP contribution is 2.29. The fraction of sp³-hybridized carbons (Fsp3) is 0.154. The van der Waals surface area contributed by atoms with Crippen molar-refractivity contribution in [3.8, 4) is 11.5 Å². The van der Waals surface area contributed by atoms with Crippen molar-refractivity contribution in [2.45, 2.75) is 26.4 Å². The quantitative estimate of drug-likeness (QED) is 0.306. The molecule has 2 heterocycles. The number of aryl methyl sites for hydroxylation is 1. The van der Waals surface area contributed by atoms with Gasteiger partial charge in [-0.2, -0.15) is 0 Å². The second-order valence-corrected chi connectivity index (χ2v) is 8.84. The summed E-state index contributed by atoms with van der Waals surface area (Å²) in [5.74, 6) is -0.734. The van der Waals surface area contributed by atoms with Gasteiger partial charge in [-0.25, -0.2) is 14.8 Å². The average molecular weight is 472 g/mol. The number of para-hydroxylation sites is 2. The van der Waals surface area contributed by atoms with Crippen LogP contribution in [0.5, 0.6) is 0 Å². The summed E-state index contributed by atoms with van der Waals surface area (Å²) >= 11 is 1.38. The van der Waals surface area contributed by atoms with Crippen LogP contribution >= 0.6 is 11.3 Å². The van der Waals surface area contributed by atoms with Crippen molar-refractivity contribution in [2.24, 2.45) is 0 Å². The molecule has 170 valence electrons. The third-order valence-electron chi connectivity index (χ3n) is 5.36. The summed E-state index contributed by atoms with van der Waals surface area (Å²) in [6, 6.07) is 20.2. The average Bonchev–Trinajstić information content (AvgIpc) is 3.45. The maximum Gasteiger partial charge on any atom is 0.339 e. The van der Waals surface area contributed by atoms with E-state index in [2.05, 4.69) is 15.3 Å². The lowest BCUT2D eigenvalue weighted by molar-refractivity contribution is -0.124. The Bertz CT molecular complexity index is 1490. The van der Waals surface area contributed by atoms with Crippen LogP contribution in [-0.4, -0.2) is 27.9 Å². The van der Waals surface area contributed by atoms with Gasteiger partial charge in [-0.1, -0.05) is 48.6 Å². The number of nitrogens with zero attached hydrogens (tertiary/aromatic N) is 2. The smallest absolute Gasteiger partial charge is 0.339 e. The van der Waals surface area contributed by atoms with Crippen LogP contribution in [-0.2, 0) is 9.53 Å². The summed E-state index contributed by atoms with van der Waals surface area (Å²) in [4.78, 5) is 34.9. The molecule has 0 radical (unpaired) electrons. The minimum Gasteiger partial charge on any atom is -0.449 e. The molecule has 0 aliphatic heterocycles. The normalized spacial score (nSPS) is 12.1. The van der Waals surface area contributed by atoms with E-state index in [1.165, 1.54) is 11.3 Å². The number of benzene rings is 3. The number of aromatic nitrogens is 2. The van der Waals surface area contributed by atoms with Crippen molar-refractivity contribution in [2.75, 3.05) is 5.32 Å². The Hall–Kier alpha value is -4.04. The molecule has 8 heteroatoms. The van der Waals surface area contributed by atoms with Crippen molar-refractivity contribution in [3.05, 3.63) is 77.9 Å². The molecule has 1 atom stereocenters. The summed E-state index contributed by atoms with van der Waals surface area (Å²) < 4.78 is 12.4. The van der Waals surface area contributed by atoms with Crippen LogP contribution in [0, 0.1) is 6.92 Å². The number of hydrogen-bond donors (Lipinski definition) is 1. The van der Waals surface area contributed by atoms with Gasteiger partial charge in [-0.15, -0.1) is 0 Å². The lowest BCUT2D eigenvalue weighted by atomic mass is 10.1. The number of ether oxygens (including phenoxy) is 1. The lowest BCUT2D eigenvalue weighted by Gasteiger charge is -2.16. The van der Waals surface area contributed by atoms with E-state index >= 15 is 0 Å². The van der Waals surface area contributed by atoms with E-state index in [0.717, 1.165) is 15.8 Å². The topological polar surface area (TPSA) is 94.3 Å². The molecule has 2 aromatic heterocycles. The Balaban J connectivity index is 1.35. The molecule has 34 heavy (non-hydrogen) atoms. The maximum absolute atomic E-state index is 13.1. The van der Waals surface area contributed by atoms with Gasteiger partial charge in [0.05, 0.1) is 21.3 Å². The number of carbonyl (C=O) groups is 2. The van der Waals surface area contributed by atoms with Crippen LogP contribution in [0.15, 0.2) is 71.1 Å². The summed E-state index contributed by atoms with van der Waals surface area (Å²) in [6.07, 6.45) is -0.662. The van der Waals surface area contributed by atoms with Crippen LogP contribution in [0.3, 0.4) is 0 Å². The van der Waals surface area contributed by atoms with Crippen molar-refractivity contribution in [1.82, 2.24) is 9.97 Å². The Morgan fingerprint density at radius 1 is 1.03 bits per heavy atom. The molecular formula is C26H21N3O4S. The molecule has 0 saturated carbocycles. The van der Waals surface area contributed by atoms with Gasteiger partial charge >= 0.3 is 5.97 Å². The van der Waals surface area contributed by atoms with Crippen molar-refractivity contribution < 1.29 is 18.7 Å². The van der Waals surface area contributed by atoms with E-state index < -0.39 is 18.0 Å². The van der Waals surface area contributed by atoms with E-state index in [-0.39, 0.29) is 5.56 Å². The number of nitrogens with one attached hydrogen (secondary N) is 1. The van der Waals surface area contributed by atoms with Crippen LogP contribution in [0.25, 0.3) is 32.8 Å². The zero-order valence-corrected chi connectivity index (χ0v) is 19.4. The molecule has 1 amide bonds. The first-order valence-electron chi connectivity index (χ1n) is 10.9. The summed E-state index contributed by atoms with van der Waals surface area (Å²) in [7, 11) is 0. The van der Waals surface area contributed by atoms with Gasteiger partial charge in [0.2, 0.25) is 5.89 Å². The standard InChI is InChI=1S/C26H21N3O4S/c1-3-20(23(30)29-26-28-19-13-12-15(2)14-22(19)34-26)33-25(31)17-9-5-4-8-16(17)24-27-18-10-6-7-11-21(18)32-24/h4-14,20H,3H2,1-2H3,(H,28,29,30). The number of rotatable bonds is 6. The van der Waals surface area contributed by atoms with Crippen molar-refractivity contribution >= 4 is 49.7 Å². The molecule has 0 spiro atoms.